The fraction of sp³-hybridized carbons (Fsp3) is 0.100. The highest BCUT2D eigenvalue weighted by atomic mass is 32.2. The van der Waals surface area contributed by atoms with E-state index in [0.29, 0.717) is 11.5 Å². The number of nitrogens with one attached hydrogen (secondary N) is 1. The Hall–Kier alpha value is -3.66. The highest BCUT2D eigenvalue weighted by Crippen LogP contribution is 2.31. The van der Waals surface area contributed by atoms with Gasteiger partial charge in [-0.3, -0.25) is 4.79 Å². The number of nitrogens with zero attached hydrogens (tertiary/aromatic N) is 2. The lowest BCUT2D eigenvalue weighted by molar-refractivity contribution is -0.136. The van der Waals surface area contributed by atoms with E-state index in [1.807, 2.05) is 0 Å². The van der Waals surface area contributed by atoms with E-state index in [2.05, 4.69) is 10.5 Å². The van der Waals surface area contributed by atoms with Gasteiger partial charge in [0.2, 0.25) is 0 Å². The van der Waals surface area contributed by atoms with Gasteiger partial charge in [-0.1, -0.05) is 5.16 Å². The van der Waals surface area contributed by atoms with E-state index in [4.69, 9.17) is 4.52 Å². The van der Waals surface area contributed by atoms with Crippen molar-refractivity contribution in [1.29, 1.82) is 0 Å². The van der Waals surface area contributed by atoms with Gasteiger partial charge >= 0.3 is 5.97 Å². The van der Waals surface area contributed by atoms with E-state index in [1.165, 1.54) is 31.4 Å². The first-order chi connectivity index (χ1) is 14.3. The van der Waals surface area contributed by atoms with Gasteiger partial charge in [0.1, 0.15) is 12.1 Å². The monoisotopic (exact) mass is 429 g/mol. The van der Waals surface area contributed by atoms with Crippen LogP contribution in [0.15, 0.2) is 64.2 Å². The Morgan fingerprint density at radius 2 is 1.93 bits per heavy atom. The lowest BCUT2D eigenvalue weighted by Crippen LogP contribution is -2.15. The minimum absolute atomic E-state index is 0.000553. The second-order valence-corrected chi connectivity index (χ2v) is 8.39. The lowest BCUT2D eigenvalue weighted by Gasteiger charge is -2.11. The summed E-state index contributed by atoms with van der Waals surface area (Å²) in [6.07, 6.45) is 0.980. The van der Waals surface area contributed by atoms with Crippen LogP contribution in [0.2, 0.25) is 0 Å². The summed E-state index contributed by atoms with van der Waals surface area (Å²) in [6.45, 7) is 1.51. The van der Waals surface area contributed by atoms with E-state index in [9.17, 15) is 22.7 Å². The van der Waals surface area contributed by atoms with Crippen LogP contribution in [0, 0.1) is 12.7 Å². The summed E-state index contributed by atoms with van der Waals surface area (Å²) in [5.74, 6) is -1.24. The van der Waals surface area contributed by atoms with Crippen LogP contribution in [-0.4, -0.2) is 28.6 Å². The molecule has 0 unspecified atom stereocenters. The number of aliphatic carboxylic acids is 1. The van der Waals surface area contributed by atoms with Gasteiger partial charge < -0.3 is 14.9 Å². The molecule has 0 fully saturated rings. The molecule has 0 atom stereocenters. The van der Waals surface area contributed by atoms with Gasteiger partial charge in [-0.25, -0.2) is 16.8 Å². The van der Waals surface area contributed by atoms with Crippen molar-refractivity contribution in [2.45, 2.75) is 18.2 Å². The number of anilines is 2. The first-order valence-corrected chi connectivity index (χ1v) is 10.3. The number of hydrogen-bond donors (Lipinski definition) is 2. The molecule has 0 aliphatic heterocycles. The van der Waals surface area contributed by atoms with Gasteiger partial charge in [-0.15, -0.1) is 0 Å². The van der Waals surface area contributed by atoms with Crippen LogP contribution in [-0.2, 0) is 21.2 Å². The Labute approximate surface area is 170 Å². The molecule has 30 heavy (non-hydrogen) atoms. The first-order valence-electron chi connectivity index (χ1n) is 8.81. The van der Waals surface area contributed by atoms with Crippen LogP contribution >= 0.6 is 0 Å². The third kappa shape index (κ3) is 3.41. The SMILES string of the molecule is Cc1c(CC(=O)O)c2cc(F)ccc2n1S(=O)(=O)c1ccc(Nc2ccon2)cc1. The molecule has 154 valence electrons. The van der Waals surface area contributed by atoms with Crippen LogP contribution in [0.25, 0.3) is 10.9 Å². The van der Waals surface area contributed by atoms with Crippen molar-refractivity contribution < 1.29 is 27.2 Å². The number of carboxylic acids is 1. The summed E-state index contributed by atoms with van der Waals surface area (Å²) < 4.78 is 46.3. The summed E-state index contributed by atoms with van der Waals surface area (Å²) in [6, 6.07) is 11.2. The van der Waals surface area contributed by atoms with Gasteiger partial charge in [0.25, 0.3) is 10.0 Å². The highest BCUT2D eigenvalue weighted by molar-refractivity contribution is 7.90. The fourth-order valence-electron chi connectivity index (χ4n) is 3.35. The number of fused-ring (bicyclic) bond motifs is 1. The molecule has 2 aromatic carbocycles. The van der Waals surface area contributed by atoms with Crippen molar-refractivity contribution in [2.75, 3.05) is 5.32 Å². The molecule has 2 heterocycles. The molecule has 0 radical (unpaired) electrons. The van der Waals surface area contributed by atoms with Gasteiger partial charge in [0.15, 0.2) is 5.82 Å². The first kappa shape index (κ1) is 19.6. The molecular weight excluding hydrogens is 413 g/mol. The summed E-state index contributed by atoms with van der Waals surface area (Å²) in [5.41, 5.74) is 1.30. The van der Waals surface area contributed by atoms with Crippen molar-refractivity contribution in [3.63, 3.8) is 0 Å². The molecule has 8 nitrogen and oxygen atoms in total. The molecule has 2 aromatic heterocycles. The Morgan fingerprint density at radius 1 is 1.20 bits per heavy atom. The Kier molecular flexibility index (Phi) is 4.78. The molecule has 10 heteroatoms. The molecule has 4 rings (SSSR count). The van der Waals surface area contributed by atoms with Crippen LogP contribution < -0.4 is 5.32 Å². The number of carboxylic acid groups (broad SMARTS) is 1. The predicted molar refractivity (Wildman–Crippen MR) is 107 cm³/mol. The van der Waals surface area contributed by atoms with Gasteiger partial charge in [-0.2, -0.15) is 0 Å². The molecule has 0 aliphatic carbocycles. The summed E-state index contributed by atoms with van der Waals surface area (Å²) in [7, 11) is -4.06. The van der Waals surface area contributed by atoms with Crippen LogP contribution in [0.4, 0.5) is 15.9 Å². The molecule has 0 saturated heterocycles. The third-order valence-electron chi connectivity index (χ3n) is 4.67. The van der Waals surface area contributed by atoms with Gasteiger partial charge in [-0.05, 0) is 55.0 Å². The number of carbonyl (C=O) groups is 1. The Morgan fingerprint density at radius 3 is 2.57 bits per heavy atom. The molecule has 2 N–H and O–H groups in total. The zero-order valence-corrected chi connectivity index (χ0v) is 16.5. The minimum Gasteiger partial charge on any atom is -0.481 e. The van der Waals surface area contributed by atoms with E-state index < -0.39 is 28.2 Å². The van der Waals surface area contributed by atoms with Crippen molar-refractivity contribution in [2.24, 2.45) is 0 Å². The zero-order chi connectivity index (χ0) is 21.5. The molecular formula is C20H16FN3O5S. The zero-order valence-electron chi connectivity index (χ0n) is 15.7. The van der Waals surface area contributed by atoms with Gasteiger partial charge in [0.05, 0.1) is 16.8 Å². The maximum Gasteiger partial charge on any atom is 0.307 e. The molecule has 0 saturated carbocycles. The van der Waals surface area contributed by atoms with Crippen molar-refractivity contribution in [3.8, 4) is 0 Å². The maximum absolute atomic E-state index is 13.8. The molecule has 0 bridgehead atoms. The molecule has 0 amide bonds. The summed E-state index contributed by atoms with van der Waals surface area (Å²) >= 11 is 0. The van der Waals surface area contributed by atoms with Gasteiger partial charge in [0, 0.05) is 22.8 Å². The number of aromatic nitrogens is 2. The average molecular weight is 429 g/mol. The standard InChI is InChI=1S/C20H16FN3O5S/c1-12-16(11-20(25)26)17-10-13(21)2-7-18(17)24(12)30(27,28)15-5-3-14(4-6-15)22-19-8-9-29-23-19/h2-10H,11H2,1H3,(H,22,23)(H,25,26). The molecule has 0 aliphatic rings. The number of halogens is 1. The minimum atomic E-state index is -4.06. The lowest BCUT2D eigenvalue weighted by atomic mass is 10.1. The predicted octanol–water partition coefficient (Wildman–Crippen LogP) is 3.68. The van der Waals surface area contributed by atoms with Crippen LogP contribution in [0.5, 0.6) is 0 Å². The smallest absolute Gasteiger partial charge is 0.307 e. The van der Waals surface area contributed by atoms with Crippen LogP contribution in [0.1, 0.15) is 11.3 Å². The normalized spacial score (nSPS) is 11.7. The third-order valence-corrected chi connectivity index (χ3v) is 6.49. The largest absolute Gasteiger partial charge is 0.481 e. The summed E-state index contributed by atoms with van der Waals surface area (Å²) in [4.78, 5) is 11.3. The van der Waals surface area contributed by atoms with E-state index in [-0.39, 0.29) is 27.1 Å². The highest BCUT2D eigenvalue weighted by Gasteiger charge is 2.26. The maximum atomic E-state index is 13.8. The van der Waals surface area contributed by atoms with Crippen molar-refractivity contribution in [1.82, 2.24) is 9.13 Å². The fourth-order valence-corrected chi connectivity index (χ4v) is 4.93. The van der Waals surface area contributed by atoms with Crippen molar-refractivity contribution >= 4 is 38.4 Å². The van der Waals surface area contributed by atoms with E-state index >= 15 is 0 Å². The summed E-state index contributed by atoms with van der Waals surface area (Å²) in [5, 5.41) is 16.2. The average Bonchev–Trinajstić information content (AvgIpc) is 3.29. The van der Waals surface area contributed by atoms with Crippen LogP contribution in [0.3, 0.4) is 0 Å². The quantitative estimate of drug-likeness (QED) is 0.480. The molecule has 0 spiro atoms. The number of benzene rings is 2. The van der Waals surface area contributed by atoms with Crippen molar-refractivity contribution in [3.05, 3.63) is 71.9 Å². The topological polar surface area (TPSA) is 114 Å². The second-order valence-electron chi connectivity index (χ2n) is 6.60. The Balaban J connectivity index is 1.81. The number of rotatable bonds is 6. The van der Waals surface area contributed by atoms with E-state index in [1.54, 1.807) is 18.2 Å². The second kappa shape index (κ2) is 7.30. The number of hydrogen-bond acceptors (Lipinski definition) is 6. The Bertz CT molecular complexity index is 1340. The van der Waals surface area contributed by atoms with E-state index in [0.717, 1.165) is 16.1 Å². The molecule has 4 aromatic rings.